The third-order valence-corrected chi connectivity index (χ3v) is 17.0. The fourth-order valence-electron chi connectivity index (χ4n) is 12.2. The Balaban J connectivity index is 0.000000145. The number of benzene rings is 2. The average Bonchev–Trinajstić information content (AvgIpc) is 4.30. The molecule has 6 aromatic rings. The van der Waals surface area contributed by atoms with E-state index in [0.717, 1.165) is 156 Å². The number of hydrogen-bond acceptors (Lipinski definition) is 17. The second kappa shape index (κ2) is 25.4. The second-order valence-corrected chi connectivity index (χ2v) is 22.4. The van der Waals surface area contributed by atoms with Gasteiger partial charge in [0, 0.05) is 117 Å². The minimum Gasteiger partial charge on any atom is -0.399 e. The van der Waals surface area contributed by atoms with Crippen LogP contribution in [0, 0.1) is 34.3 Å². The summed E-state index contributed by atoms with van der Waals surface area (Å²) in [5.74, 6) is -0.219. The molecule has 0 spiro atoms. The van der Waals surface area contributed by atoms with Crippen molar-refractivity contribution >= 4 is 61.6 Å². The van der Waals surface area contributed by atoms with Crippen molar-refractivity contribution in [3.8, 4) is 12.1 Å². The number of anilines is 5. The molecule has 79 heavy (non-hydrogen) atoms. The number of aromatic nitrogens is 6. The zero-order valence-electron chi connectivity index (χ0n) is 44.7. The Morgan fingerprint density at radius 3 is 1.52 bits per heavy atom. The number of nitriles is 2. The lowest BCUT2D eigenvalue weighted by atomic mass is 10.0. The fourth-order valence-corrected chi connectivity index (χ4v) is 12.6. The Labute approximate surface area is 460 Å². The maximum atomic E-state index is 15.2. The van der Waals surface area contributed by atoms with Crippen molar-refractivity contribution < 1.29 is 22.5 Å². The lowest BCUT2D eigenvalue weighted by Gasteiger charge is -2.40. The smallest absolute Gasteiger partial charge is 0.270 e. The Kier molecular flexibility index (Phi) is 17.8. The first-order valence-electron chi connectivity index (χ1n) is 27.7. The molecule has 2 aromatic carbocycles. The molecule has 4 aliphatic heterocycles. The molecule has 6 fully saturated rings. The molecule has 4 aromatic heterocycles. The van der Waals surface area contributed by atoms with Gasteiger partial charge >= 0.3 is 0 Å². The van der Waals surface area contributed by atoms with E-state index in [1.807, 2.05) is 18.2 Å². The number of nitrogens with zero attached hydrogens (tertiary/aromatic N) is 12. The normalized spacial score (nSPS) is 19.6. The van der Waals surface area contributed by atoms with Crippen molar-refractivity contribution in [1.29, 1.82) is 10.5 Å². The summed E-state index contributed by atoms with van der Waals surface area (Å²) in [5.41, 5.74) is 8.45. The van der Waals surface area contributed by atoms with Gasteiger partial charge in [0.05, 0.1) is 48.6 Å². The Morgan fingerprint density at radius 2 is 1.06 bits per heavy atom. The van der Waals surface area contributed by atoms with E-state index in [9.17, 15) is 23.5 Å². The van der Waals surface area contributed by atoms with Gasteiger partial charge in [-0.3, -0.25) is 32.7 Å². The van der Waals surface area contributed by atoms with Crippen LogP contribution >= 0.6 is 0 Å². The molecular formula is C57H68F2N14O5S. The Bertz CT molecular complexity index is 3360. The molecule has 22 heteroatoms. The number of hydrogen-bond donors (Lipinski definition) is 2. The lowest BCUT2D eigenvalue weighted by Crippen LogP contribution is -2.49. The van der Waals surface area contributed by atoms with Crippen LogP contribution in [0.1, 0.15) is 100 Å². The Hall–Kier alpha value is -6.95. The summed E-state index contributed by atoms with van der Waals surface area (Å²) in [5, 5.41) is 23.2. The van der Waals surface area contributed by atoms with Crippen LogP contribution in [0.2, 0.25) is 0 Å². The van der Waals surface area contributed by atoms with Crippen LogP contribution in [0.5, 0.6) is 0 Å². The van der Waals surface area contributed by atoms with Crippen LogP contribution in [-0.2, 0) is 20.3 Å². The highest BCUT2D eigenvalue weighted by atomic mass is 32.2. The van der Waals surface area contributed by atoms with Gasteiger partial charge in [-0.2, -0.15) is 15.5 Å². The molecule has 0 bridgehead atoms. The second-order valence-electron chi connectivity index (χ2n) is 21.2. The maximum absolute atomic E-state index is 15.2. The summed E-state index contributed by atoms with van der Waals surface area (Å²) in [4.78, 5) is 52.1. The van der Waals surface area contributed by atoms with Gasteiger partial charge in [0.15, 0.2) is 0 Å². The zero-order valence-corrected chi connectivity index (χ0v) is 45.5. The summed E-state index contributed by atoms with van der Waals surface area (Å²) >= 11 is 0. The van der Waals surface area contributed by atoms with Crippen molar-refractivity contribution in [2.45, 2.75) is 106 Å². The number of morpholine rings is 2. The summed E-state index contributed by atoms with van der Waals surface area (Å²) in [6.07, 6.45) is 16.6. The quantitative estimate of drug-likeness (QED) is 0.108. The van der Waals surface area contributed by atoms with E-state index in [1.165, 1.54) is 30.7 Å². The number of piperidine rings is 2. The van der Waals surface area contributed by atoms with Crippen molar-refractivity contribution in [2.75, 3.05) is 106 Å². The van der Waals surface area contributed by atoms with Crippen molar-refractivity contribution in [2.24, 2.45) is 0 Å². The number of rotatable bonds is 9. The minimum absolute atomic E-state index is 0.0187. The number of nitrogen functional groups attached to an aromatic ring is 1. The number of pyridine rings is 2. The molecule has 6 aliphatic rings. The van der Waals surface area contributed by atoms with E-state index in [2.05, 4.69) is 44.9 Å². The van der Waals surface area contributed by atoms with Gasteiger partial charge < -0.3 is 30.3 Å². The SMILES string of the molecule is CS(=O)c1ncc2cc(C#N)c(=O)n(C3CCCC3)c2n1.N#Cc1cc2cnc(Nc3ccc(N4CCC(N5CCOCC5)CC4)c(F)c3)nc2n(C2CCCC2)c1=O.Nc1ccc(N2CCC(N3CCOCC3)CC2)c(F)c1. The monoisotopic (exact) mass is 1100 g/mol. The molecule has 12 rings (SSSR count). The maximum Gasteiger partial charge on any atom is 0.270 e. The lowest BCUT2D eigenvalue weighted by molar-refractivity contribution is 0.0114. The number of ether oxygens (including phenoxy) is 2. The largest absolute Gasteiger partial charge is 0.399 e. The van der Waals surface area contributed by atoms with Crippen LogP contribution in [0.15, 0.2) is 75.7 Å². The molecule has 2 saturated carbocycles. The summed E-state index contributed by atoms with van der Waals surface area (Å²) < 4.78 is 54.8. The molecule has 416 valence electrons. The first kappa shape index (κ1) is 55.4. The van der Waals surface area contributed by atoms with Gasteiger partial charge in [0.2, 0.25) is 11.1 Å². The van der Waals surface area contributed by atoms with Crippen molar-refractivity contribution in [3.05, 3.63) is 104 Å². The predicted molar refractivity (Wildman–Crippen MR) is 300 cm³/mol. The highest BCUT2D eigenvalue weighted by Gasteiger charge is 2.30. The van der Waals surface area contributed by atoms with Crippen molar-refractivity contribution in [3.63, 3.8) is 0 Å². The highest BCUT2D eigenvalue weighted by molar-refractivity contribution is 7.84. The van der Waals surface area contributed by atoms with Gasteiger partial charge in [-0.05, 0) is 99.9 Å². The van der Waals surface area contributed by atoms with Gasteiger partial charge in [-0.15, -0.1) is 0 Å². The van der Waals surface area contributed by atoms with Crippen LogP contribution < -0.4 is 32.0 Å². The van der Waals surface area contributed by atoms with E-state index in [0.29, 0.717) is 56.9 Å². The fraction of sp³-hybridized carbons (Fsp3) is 0.509. The molecule has 8 heterocycles. The molecule has 4 saturated heterocycles. The van der Waals surface area contributed by atoms with E-state index in [1.54, 1.807) is 39.6 Å². The molecule has 0 amide bonds. The summed E-state index contributed by atoms with van der Waals surface area (Å²) in [6, 6.07) is 18.3. The van der Waals surface area contributed by atoms with Crippen molar-refractivity contribution in [1.82, 2.24) is 38.9 Å². The molecule has 1 unspecified atom stereocenters. The topological polar surface area (TPSA) is 230 Å². The van der Waals surface area contributed by atoms with Gasteiger partial charge in [0.25, 0.3) is 11.1 Å². The third-order valence-electron chi connectivity index (χ3n) is 16.3. The van der Waals surface area contributed by atoms with E-state index in [4.69, 9.17) is 20.5 Å². The summed E-state index contributed by atoms with van der Waals surface area (Å²) in [7, 11) is -1.31. The first-order valence-corrected chi connectivity index (χ1v) is 29.3. The van der Waals surface area contributed by atoms with E-state index < -0.39 is 10.8 Å². The standard InChI is InChI=1S/C28H32FN7O2.C15H22FN3O.C14H14N4O2S/c29-24-16-21(5-6-25(24)35-9-7-22(8-10-35)34-11-13-38-14-12-34)32-28-31-18-20-15-19(17-30)27(37)36(26(20)33-28)23-3-1-2-4-23;16-14-11-12(17)1-2-15(14)19-5-3-13(4-6-19)18-7-9-20-10-8-18;1-21(20)14-16-8-10-6-9(7-15)13(19)18(12(10)17-14)11-4-2-3-5-11/h5-6,15-16,18,22-23H,1-4,7-14H2,(H,31,32,33);1-2,11,13H,3-10,17H2;6,8,11H,2-5H2,1H3. The number of nitrogens with one attached hydrogen (secondary N) is 1. The summed E-state index contributed by atoms with van der Waals surface area (Å²) in [6.45, 7) is 10.7. The number of halogens is 2. The number of fused-ring (bicyclic) bond motifs is 2. The minimum atomic E-state index is -1.31. The van der Waals surface area contributed by atoms with Crippen LogP contribution in [-0.4, -0.2) is 140 Å². The van der Waals surface area contributed by atoms with Gasteiger partial charge in [-0.25, -0.2) is 23.7 Å². The molecule has 19 nitrogen and oxygen atoms in total. The van der Waals surface area contributed by atoms with Gasteiger partial charge in [0.1, 0.15) is 46.2 Å². The zero-order chi connectivity index (χ0) is 55.0. The van der Waals surface area contributed by atoms with Crippen LogP contribution in [0.4, 0.5) is 37.5 Å². The van der Waals surface area contributed by atoms with E-state index in [-0.39, 0.29) is 57.1 Å². The molecular weight excluding hydrogens is 1030 g/mol. The molecule has 0 radical (unpaired) electrons. The van der Waals surface area contributed by atoms with Crippen LogP contribution in [0.3, 0.4) is 0 Å². The third kappa shape index (κ3) is 12.7. The Morgan fingerprint density at radius 1 is 0.608 bits per heavy atom. The van der Waals surface area contributed by atoms with Crippen LogP contribution in [0.25, 0.3) is 22.1 Å². The first-order chi connectivity index (χ1) is 38.5. The van der Waals surface area contributed by atoms with E-state index >= 15 is 4.39 Å². The van der Waals surface area contributed by atoms with Gasteiger partial charge in [-0.1, -0.05) is 25.7 Å². The average molecular weight is 1100 g/mol. The molecule has 1 atom stereocenters. The predicted octanol–water partition coefficient (Wildman–Crippen LogP) is 7.19. The number of nitrogens with two attached hydrogens (primary N) is 1. The molecule has 2 aliphatic carbocycles. The molecule has 3 N–H and O–H groups in total. The highest BCUT2D eigenvalue weighted by Crippen LogP contribution is 2.34.